The first-order chi connectivity index (χ1) is 7.97. The molecule has 0 spiro atoms. The molecule has 0 saturated heterocycles. The number of amides is 1. The van der Waals surface area contributed by atoms with E-state index in [1.54, 1.807) is 0 Å². The Balaban J connectivity index is 3.96. The van der Waals surface area contributed by atoms with E-state index in [1.807, 2.05) is 0 Å². The molecule has 0 aliphatic heterocycles. The van der Waals surface area contributed by atoms with Gasteiger partial charge in [-0.1, -0.05) is 22.5 Å². The number of halogens is 1. The summed E-state index contributed by atoms with van der Waals surface area (Å²) in [5.41, 5.74) is 0. The number of hydrogen-bond acceptors (Lipinski definition) is 4. The minimum atomic E-state index is -1.11. The minimum absolute atomic E-state index is 0.124. The molecule has 0 unspecified atom stereocenters. The molecule has 2 N–H and O–H groups in total. The molecule has 17 heavy (non-hydrogen) atoms. The lowest BCUT2D eigenvalue weighted by molar-refractivity contribution is -0.142. The van der Waals surface area contributed by atoms with Crippen molar-refractivity contribution in [1.82, 2.24) is 5.32 Å². The monoisotopic (exact) mass is 309 g/mol. The molecule has 0 rings (SSSR count). The first-order valence-corrected chi connectivity index (χ1v) is 5.68. The molecule has 1 amide bonds. The summed E-state index contributed by atoms with van der Waals surface area (Å²) in [6.07, 6.45) is 0.124. The van der Waals surface area contributed by atoms with E-state index < -0.39 is 17.9 Å². The van der Waals surface area contributed by atoms with Gasteiger partial charge in [0, 0.05) is 13.5 Å². The summed E-state index contributed by atoms with van der Waals surface area (Å²) in [6, 6.07) is -1.000. The zero-order valence-corrected chi connectivity index (χ0v) is 11.2. The molecule has 0 fully saturated rings. The quantitative estimate of drug-likeness (QED) is 0.606. The second kappa shape index (κ2) is 9.15. The number of carboxylic acids is 1. The first-order valence-electron chi connectivity index (χ1n) is 4.89. The van der Waals surface area contributed by atoms with E-state index in [0.29, 0.717) is 11.1 Å². The largest absolute Gasteiger partial charge is 0.480 e. The average Bonchev–Trinajstić information content (AvgIpc) is 2.22. The summed E-state index contributed by atoms with van der Waals surface area (Å²) >= 11 is 3.05. The molecular weight excluding hydrogens is 294 g/mol. The predicted octanol–water partition coefficient (Wildman–Crippen LogP) is 0.518. The second-order valence-electron chi connectivity index (χ2n) is 3.23. The van der Waals surface area contributed by atoms with Crippen LogP contribution in [-0.2, 0) is 19.1 Å². The van der Waals surface area contributed by atoms with Crippen molar-refractivity contribution < 1.29 is 24.2 Å². The van der Waals surface area contributed by atoms with E-state index in [-0.39, 0.29) is 19.6 Å². The number of ether oxygens (including phenoxy) is 2. The van der Waals surface area contributed by atoms with Crippen molar-refractivity contribution in [3.8, 4) is 0 Å². The summed E-state index contributed by atoms with van der Waals surface area (Å²) < 4.78 is 10.2. The van der Waals surface area contributed by atoms with Crippen LogP contribution in [0.4, 0.5) is 0 Å². The highest BCUT2D eigenvalue weighted by Gasteiger charge is 2.20. The Hall–Kier alpha value is -0.920. The number of carboxylic acid groups (broad SMARTS) is 1. The molecule has 0 bridgehead atoms. The summed E-state index contributed by atoms with van der Waals surface area (Å²) in [6.45, 7) is 4.00. The fourth-order valence-corrected chi connectivity index (χ4v) is 1.29. The normalized spacial score (nSPS) is 11.9. The number of nitrogens with one attached hydrogen (secondary N) is 1. The summed E-state index contributed by atoms with van der Waals surface area (Å²) in [5.74, 6) is -1.60. The van der Waals surface area contributed by atoms with Crippen LogP contribution in [0.5, 0.6) is 0 Å². The van der Waals surface area contributed by atoms with Gasteiger partial charge in [-0.3, -0.25) is 4.79 Å². The Kier molecular flexibility index (Phi) is 8.65. The third-order valence-corrected chi connectivity index (χ3v) is 2.05. The Morgan fingerprint density at radius 1 is 1.47 bits per heavy atom. The van der Waals surface area contributed by atoms with Crippen LogP contribution in [0.2, 0.25) is 0 Å². The van der Waals surface area contributed by atoms with Crippen LogP contribution in [0, 0.1) is 0 Å². The molecule has 0 radical (unpaired) electrons. The number of rotatable bonds is 9. The van der Waals surface area contributed by atoms with E-state index >= 15 is 0 Å². The van der Waals surface area contributed by atoms with Crippen LogP contribution in [0.25, 0.3) is 0 Å². The molecular formula is C10H16BrNO5. The summed E-state index contributed by atoms with van der Waals surface area (Å²) in [4.78, 5) is 22.1. The molecule has 6 nitrogen and oxygen atoms in total. The van der Waals surface area contributed by atoms with Crippen LogP contribution in [0.3, 0.4) is 0 Å². The predicted molar refractivity (Wildman–Crippen MR) is 64.9 cm³/mol. The number of hydrogen-bond donors (Lipinski definition) is 2. The van der Waals surface area contributed by atoms with Crippen molar-refractivity contribution >= 4 is 27.8 Å². The molecule has 0 aromatic carbocycles. The maximum Gasteiger partial charge on any atom is 0.326 e. The molecule has 0 aliphatic carbocycles. The molecule has 1 atom stereocenters. The van der Waals surface area contributed by atoms with Gasteiger partial charge in [0.25, 0.3) is 0 Å². The highest BCUT2D eigenvalue weighted by molar-refractivity contribution is 9.11. The van der Waals surface area contributed by atoms with Crippen LogP contribution < -0.4 is 5.32 Å². The van der Waals surface area contributed by atoms with Gasteiger partial charge in [0.2, 0.25) is 5.91 Å². The van der Waals surface area contributed by atoms with Crippen LogP contribution in [0.15, 0.2) is 11.1 Å². The van der Waals surface area contributed by atoms with Crippen molar-refractivity contribution in [2.24, 2.45) is 0 Å². The Morgan fingerprint density at radius 3 is 2.59 bits per heavy atom. The van der Waals surface area contributed by atoms with Crippen molar-refractivity contribution in [1.29, 1.82) is 0 Å². The minimum Gasteiger partial charge on any atom is -0.480 e. The zero-order chi connectivity index (χ0) is 13.3. The van der Waals surface area contributed by atoms with Gasteiger partial charge in [-0.05, 0) is 4.48 Å². The highest BCUT2D eigenvalue weighted by Crippen LogP contribution is 2.10. The first kappa shape index (κ1) is 16.1. The third kappa shape index (κ3) is 8.84. The van der Waals surface area contributed by atoms with E-state index in [9.17, 15) is 9.59 Å². The Bertz CT molecular complexity index is 282. The smallest absolute Gasteiger partial charge is 0.326 e. The topological polar surface area (TPSA) is 84.9 Å². The standard InChI is InChI=1S/C10H16BrNO5/c1-7(11)5-8(10(14)15)12-9(13)6-17-4-3-16-2/h8H,1,3-6H2,2H3,(H,12,13)(H,14,15)/t8-/m0/s1. The lowest BCUT2D eigenvalue weighted by Crippen LogP contribution is -2.42. The SMILES string of the molecule is C=C(Br)C[C@H](NC(=O)COCCOC)C(=O)O. The van der Waals surface area contributed by atoms with Crippen LogP contribution in [-0.4, -0.2) is 50.0 Å². The summed E-state index contributed by atoms with van der Waals surface area (Å²) in [5, 5.41) is 11.2. The van der Waals surface area contributed by atoms with E-state index in [2.05, 4.69) is 27.8 Å². The van der Waals surface area contributed by atoms with Gasteiger partial charge in [0.1, 0.15) is 12.6 Å². The number of methoxy groups -OCH3 is 1. The Morgan fingerprint density at radius 2 is 2.12 bits per heavy atom. The van der Waals surface area contributed by atoms with Gasteiger partial charge in [-0.25, -0.2) is 4.79 Å². The lowest BCUT2D eigenvalue weighted by atomic mass is 10.2. The number of aliphatic carboxylic acids is 1. The van der Waals surface area contributed by atoms with Gasteiger partial charge < -0.3 is 19.9 Å². The Labute approximate surface area is 108 Å². The molecule has 0 aliphatic rings. The maximum absolute atomic E-state index is 11.3. The van der Waals surface area contributed by atoms with Crippen molar-refractivity contribution in [3.05, 3.63) is 11.1 Å². The fourth-order valence-electron chi connectivity index (χ4n) is 0.965. The molecule has 0 saturated carbocycles. The molecule has 0 aromatic heterocycles. The highest BCUT2D eigenvalue weighted by atomic mass is 79.9. The molecule has 98 valence electrons. The van der Waals surface area contributed by atoms with E-state index in [4.69, 9.17) is 14.6 Å². The average molecular weight is 310 g/mol. The van der Waals surface area contributed by atoms with E-state index in [0.717, 1.165) is 0 Å². The fraction of sp³-hybridized carbons (Fsp3) is 0.600. The van der Waals surface area contributed by atoms with Gasteiger partial charge in [-0.2, -0.15) is 0 Å². The zero-order valence-electron chi connectivity index (χ0n) is 9.57. The van der Waals surface area contributed by atoms with Crippen molar-refractivity contribution in [2.75, 3.05) is 26.9 Å². The molecule has 7 heteroatoms. The van der Waals surface area contributed by atoms with E-state index in [1.165, 1.54) is 7.11 Å². The van der Waals surface area contributed by atoms with Gasteiger partial charge >= 0.3 is 5.97 Å². The van der Waals surface area contributed by atoms with Crippen molar-refractivity contribution in [3.63, 3.8) is 0 Å². The third-order valence-electron chi connectivity index (χ3n) is 1.72. The summed E-state index contributed by atoms with van der Waals surface area (Å²) in [7, 11) is 1.52. The van der Waals surface area contributed by atoms with Gasteiger partial charge in [0.15, 0.2) is 0 Å². The van der Waals surface area contributed by atoms with Crippen molar-refractivity contribution in [2.45, 2.75) is 12.5 Å². The number of carbonyl (C=O) groups excluding carboxylic acids is 1. The maximum atomic E-state index is 11.3. The molecule has 0 heterocycles. The number of carbonyl (C=O) groups is 2. The van der Waals surface area contributed by atoms with Crippen LogP contribution in [0.1, 0.15) is 6.42 Å². The van der Waals surface area contributed by atoms with Gasteiger partial charge in [-0.15, -0.1) is 0 Å². The van der Waals surface area contributed by atoms with Crippen LogP contribution >= 0.6 is 15.9 Å². The van der Waals surface area contributed by atoms with Gasteiger partial charge in [0.05, 0.1) is 13.2 Å². The second-order valence-corrected chi connectivity index (χ2v) is 4.35. The lowest BCUT2D eigenvalue weighted by Gasteiger charge is -2.13. The molecule has 0 aromatic rings.